The van der Waals surface area contributed by atoms with E-state index in [1.807, 2.05) is 18.5 Å². The molecule has 0 spiro atoms. The van der Waals surface area contributed by atoms with Crippen LogP contribution in [0.3, 0.4) is 0 Å². The van der Waals surface area contributed by atoms with Gasteiger partial charge in [0.15, 0.2) is 0 Å². The first-order chi connectivity index (χ1) is 14.8. The third-order valence-electron chi connectivity index (χ3n) is 4.92. The summed E-state index contributed by atoms with van der Waals surface area (Å²) < 4.78 is 1.93. The quantitative estimate of drug-likeness (QED) is 0.448. The van der Waals surface area contributed by atoms with Crippen molar-refractivity contribution in [1.82, 2.24) is 9.78 Å². The molecule has 0 aliphatic carbocycles. The predicted molar refractivity (Wildman–Crippen MR) is 125 cm³/mol. The number of aromatic nitrogens is 2. The minimum Gasteiger partial charge on any atom is -0.322 e. The summed E-state index contributed by atoms with van der Waals surface area (Å²) >= 11 is 12.0. The van der Waals surface area contributed by atoms with Crippen molar-refractivity contribution in [3.8, 4) is 0 Å². The molecule has 0 radical (unpaired) electrons. The van der Waals surface area contributed by atoms with Crippen molar-refractivity contribution < 1.29 is 9.59 Å². The lowest BCUT2D eigenvalue weighted by Gasteiger charge is -2.09. The normalized spacial score (nSPS) is 10.7. The minimum absolute atomic E-state index is 0.236. The molecule has 2 amide bonds. The van der Waals surface area contributed by atoms with Crippen molar-refractivity contribution in [2.24, 2.45) is 0 Å². The van der Waals surface area contributed by atoms with Crippen molar-refractivity contribution in [2.75, 3.05) is 10.6 Å². The molecule has 2 N–H and O–H groups in total. The van der Waals surface area contributed by atoms with Crippen LogP contribution in [0.5, 0.6) is 0 Å². The van der Waals surface area contributed by atoms with Crippen molar-refractivity contribution >= 4 is 46.4 Å². The number of nitrogens with one attached hydrogen (secondary N) is 2. The Morgan fingerprint density at radius 1 is 1.00 bits per heavy atom. The maximum Gasteiger partial charge on any atom is 0.257 e. The van der Waals surface area contributed by atoms with Crippen LogP contribution in [0.2, 0.25) is 10.0 Å². The molecule has 0 unspecified atom stereocenters. The maximum atomic E-state index is 12.7. The Morgan fingerprint density at radius 3 is 2.35 bits per heavy atom. The molecule has 8 heteroatoms. The van der Waals surface area contributed by atoms with Gasteiger partial charge in [0.25, 0.3) is 11.8 Å². The lowest BCUT2D eigenvalue weighted by molar-refractivity contribution is 0.102. The van der Waals surface area contributed by atoms with Gasteiger partial charge in [-0.05, 0) is 62.7 Å². The van der Waals surface area contributed by atoms with E-state index in [0.29, 0.717) is 21.8 Å². The zero-order valence-corrected chi connectivity index (χ0v) is 19.1. The van der Waals surface area contributed by atoms with Gasteiger partial charge in [-0.2, -0.15) is 5.10 Å². The Bertz CT molecular complexity index is 1110. The number of aryl methyl sites for hydroxylation is 2. The SMILES string of the molecule is CCCCn1nc(C)c(NC(=O)c2ccc(NC(=O)c3ccc(Cl)cc3Cl)cc2)c1C. The second-order valence-corrected chi connectivity index (χ2v) is 8.08. The highest BCUT2D eigenvalue weighted by atomic mass is 35.5. The summed E-state index contributed by atoms with van der Waals surface area (Å²) in [6.07, 6.45) is 2.11. The summed E-state index contributed by atoms with van der Waals surface area (Å²) in [5.74, 6) is -0.593. The van der Waals surface area contributed by atoms with E-state index in [9.17, 15) is 9.59 Å². The van der Waals surface area contributed by atoms with Gasteiger partial charge >= 0.3 is 0 Å². The number of carbonyl (C=O) groups excluding carboxylic acids is 2. The Hall–Kier alpha value is -2.83. The van der Waals surface area contributed by atoms with E-state index in [0.717, 1.165) is 36.5 Å². The van der Waals surface area contributed by atoms with Gasteiger partial charge in [-0.3, -0.25) is 14.3 Å². The van der Waals surface area contributed by atoms with Crippen LogP contribution < -0.4 is 10.6 Å². The number of hydrogen-bond donors (Lipinski definition) is 2. The molecule has 0 saturated carbocycles. The highest BCUT2D eigenvalue weighted by molar-refractivity contribution is 6.37. The van der Waals surface area contributed by atoms with Crippen molar-refractivity contribution in [3.05, 3.63) is 75.0 Å². The van der Waals surface area contributed by atoms with E-state index in [1.54, 1.807) is 36.4 Å². The predicted octanol–water partition coefficient (Wildman–Crippen LogP) is 6.11. The van der Waals surface area contributed by atoms with Gasteiger partial charge in [0.1, 0.15) is 0 Å². The second-order valence-electron chi connectivity index (χ2n) is 7.23. The third kappa shape index (κ3) is 5.46. The number of amides is 2. The fraction of sp³-hybridized carbons (Fsp3) is 0.261. The Morgan fingerprint density at radius 2 is 1.71 bits per heavy atom. The van der Waals surface area contributed by atoms with Crippen molar-refractivity contribution in [3.63, 3.8) is 0 Å². The molecule has 0 saturated heterocycles. The van der Waals surface area contributed by atoms with Crippen LogP contribution in [0.15, 0.2) is 42.5 Å². The molecule has 0 aliphatic rings. The van der Waals surface area contributed by atoms with Gasteiger partial charge in [0.2, 0.25) is 0 Å². The molecule has 6 nitrogen and oxygen atoms in total. The lowest BCUT2D eigenvalue weighted by Crippen LogP contribution is -2.14. The van der Waals surface area contributed by atoms with Gasteiger partial charge in [0, 0.05) is 22.8 Å². The number of benzene rings is 2. The molecule has 1 aromatic heterocycles. The van der Waals surface area contributed by atoms with Crippen LogP contribution in [-0.2, 0) is 6.54 Å². The van der Waals surface area contributed by atoms with Gasteiger partial charge in [-0.15, -0.1) is 0 Å². The topological polar surface area (TPSA) is 76.0 Å². The highest BCUT2D eigenvalue weighted by Gasteiger charge is 2.16. The van der Waals surface area contributed by atoms with E-state index in [2.05, 4.69) is 22.7 Å². The minimum atomic E-state index is -0.357. The fourth-order valence-corrected chi connectivity index (χ4v) is 3.66. The fourth-order valence-electron chi connectivity index (χ4n) is 3.17. The Balaban J connectivity index is 1.68. The Kier molecular flexibility index (Phi) is 7.36. The standard InChI is InChI=1S/C23H24Cl2N4O2/c1-4-5-12-29-15(3)21(14(2)28-29)27-22(30)16-6-9-18(10-7-16)26-23(31)19-11-8-17(24)13-20(19)25/h6-11,13H,4-5,12H2,1-3H3,(H,26,31)(H,27,30). The number of rotatable bonds is 7. The van der Waals surface area contributed by atoms with E-state index in [4.69, 9.17) is 23.2 Å². The van der Waals surface area contributed by atoms with Gasteiger partial charge < -0.3 is 10.6 Å². The number of nitrogens with zero attached hydrogens (tertiary/aromatic N) is 2. The van der Waals surface area contributed by atoms with Crippen LogP contribution >= 0.6 is 23.2 Å². The first-order valence-corrected chi connectivity index (χ1v) is 10.8. The molecule has 2 aromatic carbocycles. The van der Waals surface area contributed by atoms with Crippen molar-refractivity contribution in [1.29, 1.82) is 0 Å². The second kappa shape index (κ2) is 9.98. The van der Waals surface area contributed by atoms with Crippen LogP contribution in [-0.4, -0.2) is 21.6 Å². The molecule has 0 bridgehead atoms. The van der Waals surface area contributed by atoms with E-state index in [1.165, 1.54) is 6.07 Å². The summed E-state index contributed by atoms with van der Waals surface area (Å²) in [6.45, 7) is 6.78. The Labute approximate surface area is 191 Å². The van der Waals surface area contributed by atoms with Crippen molar-refractivity contribution in [2.45, 2.75) is 40.2 Å². The first-order valence-electron chi connectivity index (χ1n) is 10.0. The average Bonchev–Trinajstić information content (AvgIpc) is 3.00. The zero-order chi connectivity index (χ0) is 22.5. The lowest BCUT2D eigenvalue weighted by atomic mass is 10.1. The molecular weight excluding hydrogens is 435 g/mol. The van der Waals surface area contributed by atoms with Crippen LogP contribution in [0.1, 0.15) is 51.9 Å². The summed E-state index contributed by atoms with van der Waals surface area (Å²) in [6, 6.07) is 11.3. The van der Waals surface area contributed by atoms with Gasteiger partial charge in [-0.1, -0.05) is 36.5 Å². The number of unbranched alkanes of at least 4 members (excludes halogenated alkanes) is 1. The van der Waals surface area contributed by atoms with E-state index in [-0.39, 0.29) is 16.8 Å². The zero-order valence-electron chi connectivity index (χ0n) is 17.6. The molecule has 162 valence electrons. The summed E-state index contributed by atoms with van der Waals surface area (Å²) in [5.41, 5.74) is 3.79. The van der Waals surface area contributed by atoms with Crippen LogP contribution in [0.4, 0.5) is 11.4 Å². The number of hydrogen-bond acceptors (Lipinski definition) is 3. The van der Waals surface area contributed by atoms with Gasteiger partial charge in [-0.25, -0.2) is 0 Å². The molecule has 31 heavy (non-hydrogen) atoms. The van der Waals surface area contributed by atoms with Crippen LogP contribution in [0.25, 0.3) is 0 Å². The summed E-state index contributed by atoms with van der Waals surface area (Å²) in [7, 11) is 0. The molecule has 0 atom stereocenters. The monoisotopic (exact) mass is 458 g/mol. The third-order valence-corrected chi connectivity index (χ3v) is 5.47. The maximum absolute atomic E-state index is 12.7. The molecule has 3 aromatic rings. The van der Waals surface area contributed by atoms with E-state index < -0.39 is 0 Å². The number of anilines is 2. The summed E-state index contributed by atoms with van der Waals surface area (Å²) in [5, 5.41) is 11.0. The smallest absolute Gasteiger partial charge is 0.257 e. The molecule has 0 fully saturated rings. The molecule has 3 rings (SSSR count). The average molecular weight is 459 g/mol. The summed E-state index contributed by atoms with van der Waals surface area (Å²) in [4.78, 5) is 25.1. The molecule has 1 heterocycles. The first kappa shape index (κ1) is 22.8. The molecular formula is C23H24Cl2N4O2. The highest BCUT2D eigenvalue weighted by Crippen LogP contribution is 2.23. The largest absolute Gasteiger partial charge is 0.322 e. The number of carbonyl (C=O) groups is 2. The van der Waals surface area contributed by atoms with E-state index >= 15 is 0 Å². The molecule has 0 aliphatic heterocycles. The number of halogens is 2. The van der Waals surface area contributed by atoms with Gasteiger partial charge in [0.05, 0.1) is 27.7 Å². The van der Waals surface area contributed by atoms with Crippen LogP contribution in [0, 0.1) is 13.8 Å².